The second-order valence-corrected chi connectivity index (χ2v) is 17.0. The molecule has 6 heteroatoms. The van der Waals surface area contributed by atoms with Crippen molar-refractivity contribution >= 4 is 38.8 Å². The molecule has 0 aliphatic rings. The molecule has 280 valence electrons. The average molecular weight is 745 g/mol. The maximum absolute atomic E-state index is 12.5. The fraction of sp³-hybridized carbons (Fsp3) is 0.157. The molecule has 6 aromatic carbocycles. The first-order chi connectivity index (χ1) is 27.3. The summed E-state index contributed by atoms with van der Waals surface area (Å²) < 4.78 is 2.25. The number of para-hydroxylation sites is 1. The molecule has 2 N–H and O–H groups in total. The second kappa shape index (κ2) is 13.5. The van der Waals surface area contributed by atoms with Crippen molar-refractivity contribution in [2.75, 3.05) is 0 Å². The number of hydrogen-bond acceptors (Lipinski definition) is 3. The highest BCUT2D eigenvalue weighted by molar-refractivity contribution is 6.13. The zero-order chi connectivity index (χ0) is 39.6. The van der Waals surface area contributed by atoms with E-state index in [0.29, 0.717) is 5.69 Å². The lowest BCUT2D eigenvalue weighted by atomic mass is 9.84. The van der Waals surface area contributed by atoms with Crippen LogP contribution in [-0.2, 0) is 10.8 Å². The molecular formula is C51H44N4O2. The van der Waals surface area contributed by atoms with Gasteiger partial charge in [0.25, 0.3) is 0 Å². The molecule has 0 radical (unpaired) electrons. The number of carboxylic acids is 1. The lowest BCUT2D eigenvalue weighted by Crippen LogP contribution is -2.11. The van der Waals surface area contributed by atoms with E-state index in [1.165, 1.54) is 16.5 Å². The number of pyridine rings is 1. The van der Waals surface area contributed by atoms with Gasteiger partial charge in [-0.25, -0.2) is 14.8 Å². The van der Waals surface area contributed by atoms with Gasteiger partial charge in [-0.3, -0.25) is 4.57 Å². The Labute approximate surface area is 332 Å². The van der Waals surface area contributed by atoms with Crippen LogP contribution in [0.25, 0.3) is 83.4 Å². The number of imidazole rings is 1. The minimum atomic E-state index is -1.08. The molecule has 0 atom stereocenters. The number of H-pyrrole nitrogens is 1. The highest BCUT2D eigenvalue weighted by Gasteiger charge is 2.26. The molecule has 9 aromatic rings. The summed E-state index contributed by atoms with van der Waals surface area (Å²) in [4.78, 5) is 26.6. The Morgan fingerprint density at radius 3 is 1.91 bits per heavy atom. The predicted molar refractivity (Wildman–Crippen MR) is 234 cm³/mol. The van der Waals surface area contributed by atoms with Gasteiger partial charge in [-0.1, -0.05) is 133 Å². The molecule has 0 bridgehead atoms. The van der Waals surface area contributed by atoms with Gasteiger partial charge in [0.2, 0.25) is 0 Å². The molecule has 0 saturated heterocycles. The largest absolute Gasteiger partial charge is 0.477 e. The Kier molecular flexibility index (Phi) is 8.47. The van der Waals surface area contributed by atoms with Crippen LogP contribution in [0.2, 0.25) is 0 Å². The molecule has 9 rings (SSSR count). The van der Waals surface area contributed by atoms with Gasteiger partial charge >= 0.3 is 5.97 Å². The van der Waals surface area contributed by atoms with Crippen molar-refractivity contribution in [3.63, 3.8) is 0 Å². The van der Waals surface area contributed by atoms with Gasteiger partial charge in [0.15, 0.2) is 0 Å². The number of hydrogen-bond donors (Lipinski definition) is 2. The van der Waals surface area contributed by atoms with Crippen LogP contribution >= 0.6 is 0 Å². The second-order valence-electron chi connectivity index (χ2n) is 17.0. The summed E-state index contributed by atoms with van der Waals surface area (Å²) in [6, 6.07) is 49.9. The van der Waals surface area contributed by atoms with Crippen LogP contribution in [0.4, 0.5) is 0 Å². The van der Waals surface area contributed by atoms with E-state index < -0.39 is 5.97 Å². The van der Waals surface area contributed by atoms with E-state index in [2.05, 4.69) is 136 Å². The summed E-state index contributed by atoms with van der Waals surface area (Å²) in [5.41, 5.74) is 13.1. The normalized spacial score (nSPS) is 12.2. The highest BCUT2D eigenvalue weighted by atomic mass is 16.4. The third-order valence-corrected chi connectivity index (χ3v) is 11.0. The maximum Gasteiger partial charge on any atom is 0.354 e. The Hall–Kier alpha value is -6.79. The van der Waals surface area contributed by atoms with Gasteiger partial charge in [0.1, 0.15) is 11.5 Å². The quantitative estimate of drug-likeness (QED) is 0.178. The number of carbonyl (C=O) groups is 1. The van der Waals surface area contributed by atoms with Crippen molar-refractivity contribution in [1.29, 1.82) is 0 Å². The van der Waals surface area contributed by atoms with Crippen LogP contribution in [-0.4, -0.2) is 30.6 Å². The summed E-state index contributed by atoms with van der Waals surface area (Å²) in [5.74, 6) is -0.306. The number of aromatic carboxylic acids is 1. The summed E-state index contributed by atoms with van der Waals surface area (Å²) in [6.45, 7) is 13.5. The fourth-order valence-electron chi connectivity index (χ4n) is 7.85. The van der Waals surface area contributed by atoms with Crippen molar-refractivity contribution in [3.05, 3.63) is 162 Å². The minimum absolute atomic E-state index is 0.0112. The van der Waals surface area contributed by atoms with Gasteiger partial charge in [0.05, 0.1) is 22.2 Å². The van der Waals surface area contributed by atoms with Crippen LogP contribution in [0.3, 0.4) is 0 Å². The van der Waals surface area contributed by atoms with Crippen molar-refractivity contribution < 1.29 is 9.90 Å². The lowest BCUT2D eigenvalue weighted by molar-refractivity contribution is 0.0690. The number of carboxylic acid groups (broad SMARTS) is 1. The molecule has 0 spiro atoms. The summed E-state index contributed by atoms with van der Waals surface area (Å²) >= 11 is 0. The standard InChI is InChI=1S/C51H44N4O2/c1-50(2,3)35-23-24-42-39(28-35)40-29-36(51(4,5)6)30-41(46(40)53-42)48-54-47-38(43-26-34(27-44(52-43)49(56)57)32-17-11-8-12-18-32)21-14-22-45(47)55(48)37-20-13-19-33(25-37)31-15-9-7-10-16-31/h7-30,53H,1-6H3,(H,56,57). The van der Waals surface area contributed by atoms with Crippen LogP contribution in [0.5, 0.6) is 0 Å². The van der Waals surface area contributed by atoms with E-state index in [1.54, 1.807) is 6.07 Å². The minimum Gasteiger partial charge on any atom is -0.477 e. The van der Waals surface area contributed by atoms with Crippen LogP contribution in [0.15, 0.2) is 146 Å². The molecule has 0 amide bonds. The summed E-state index contributed by atoms with van der Waals surface area (Å²) in [6.07, 6.45) is 0. The Balaban J connectivity index is 1.38. The summed E-state index contributed by atoms with van der Waals surface area (Å²) in [5, 5.41) is 12.6. The van der Waals surface area contributed by atoms with E-state index >= 15 is 0 Å². The number of nitrogens with one attached hydrogen (secondary N) is 1. The van der Waals surface area contributed by atoms with Crippen LogP contribution < -0.4 is 0 Å². The van der Waals surface area contributed by atoms with Crippen LogP contribution in [0.1, 0.15) is 63.2 Å². The zero-order valence-corrected chi connectivity index (χ0v) is 33.1. The molecule has 0 saturated carbocycles. The lowest BCUT2D eigenvalue weighted by Gasteiger charge is -2.21. The zero-order valence-electron chi connectivity index (χ0n) is 33.1. The molecule has 3 heterocycles. The van der Waals surface area contributed by atoms with Gasteiger partial charge in [-0.15, -0.1) is 0 Å². The Bertz CT molecular complexity index is 3000. The van der Waals surface area contributed by atoms with Crippen molar-refractivity contribution in [2.45, 2.75) is 52.4 Å². The molecule has 57 heavy (non-hydrogen) atoms. The van der Waals surface area contributed by atoms with Crippen molar-refractivity contribution in [3.8, 4) is 50.6 Å². The smallest absolute Gasteiger partial charge is 0.354 e. The van der Waals surface area contributed by atoms with Crippen molar-refractivity contribution in [2.24, 2.45) is 0 Å². The molecular weight excluding hydrogens is 701 g/mol. The third kappa shape index (κ3) is 6.47. The highest BCUT2D eigenvalue weighted by Crippen LogP contribution is 2.42. The van der Waals surface area contributed by atoms with Gasteiger partial charge in [-0.2, -0.15) is 0 Å². The molecule has 0 aliphatic carbocycles. The number of aromatic nitrogens is 4. The topological polar surface area (TPSA) is 83.8 Å². The van der Waals surface area contributed by atoms with Gasteiger partial charge < -0.3 is 10.1 Å². The Morgan fingerprint density at radius 2 is 1.23 bits per heavy atom. The van der Waals surface area contributed by atoms with E-state index in [0.717, 1.165) is 72.3 Å². The molecule has 0 aliphatic heterocycles. The molecule has 0 unspecified atom stereocenters. The first kappa shape index (κ1) is 35.9. The van der Waals surface area contributed by atoms with E-state index in [-0.39, 0.29) is 16.5 Å². The molecule has 3 aromatic heterocycles. The van der Waals surface area contributed by atoms with Crippen molar-refractivity contribution in [1.82, 2.24) is 19.5 Å². The predicted octanol–water partition coefficient (Wildman–Crippen LogP) is 13.0. The summed E-state index contributed by atoms with van der Waals surface area (Å²) in [7, 11) is 0. The first-order valence-corrected chi connectivity index (χ1v) is 19.4. The molecule has 6 nitrogen and oxygen atoms in total. The number of aromatic amines is 1. The van der Waals surface area contributed by atoms with Gasteiger partial charge in [0, 0.05) is 33.1 Å². The average Bonchev–Trinajstić information content (AvgIpc) is 3.79. The number of nitrogens with zero attached hydrogens (tertiary/aromatic N) is 3. The van der Waals surface area contributed by atoms with E-state index in [9.17, 15) is 9.90 Å². The number of benzene rings is 6. The Morgan fingerprint density at radius 1 is 0.579 bits per heavy atom. The third-order valence-electron chi connectivity index (χ3n) is 11.0. The van der Waals surface area contributed by atoms with Gasteiger partial charge in [-0.05, 0) is 98.8 Å². The number of rotatable bonds is 6. The maximum atomic E-state index is 12.5. The molecule has 0 fully saturated rings. The number of fused-ring (bicyclic) bond motifs is 4. The first-order valence-electron chi connectivity index (χ1n) is 19.4. The SMILES string of the molecule is CC(C)(C)c1ccc2[nH]c3c(-c4nc5c(-c6cc(-c7ccccc7)cc(C(=O)O)n6)cccc5n4-c4cccc(-c5ccccc5)c4)cc(C(C)(C)C)cc3c2c1. The van der Waals surface area contributed by atoms with E-state index in [4.69, 9.17) is 9.97 Å². The fourth-order valence-corrected chi connectivity index (χ4v) is 7.85. The van der Waals surface area contributed by atoms with Crippen LogP contribution in [0, 0.1) is 0 Å². The van der Waals surface area contributed by atoms with E-state index in [1.807, 2.05) is 54.6 Å². The monoisotopic (exact) mass is 744 g/mol.